The zero-order chi connectivity index (χ0) is 3.58. The minimum atomic E-state index is 0. The fourth-order valence-corrected chi connectivity index (χ4v) is 0. The van der Waals surface area contributed by atoms with Crippen molar-refractivity contribution in [3.8, 4) is 0 Å². The Kier molecular flexibility index (Phi) is 9.28. The summed E-state index contributed by atoms with van der Waals surface area (Å²) in [4.78, 5) is 0. The molecule has 1 atom stereocenters. The zero-order valence-electron chi connectivity index (χ0n) is 3.86. The molecular formula is C3H8NNa. The molecule has 0 aliphatic rings. The van der Waals surface area contributed by atoms with Crippen LogP contribution in [0.2, 0.25) is 0 Å². The minimum absolute atomic E-state index is 0. The van der Waals surface area contributed by atoms with E-state index in [2.05, 4.69) is 6.92 Å². The predicted octanol–water partition coefficient (Wildman–Crippen LogP) is -2.83. The molecule has 0 saturated carbocycles. The molecule has 0 heterocycles. The van der Waals surface area contributed by atoms with E-state index in [9.17, 15) is 0 Å². The Balaban J connectivity index is 0. The third kappa shape index (κ3) is 47.2. The molecule has 0 aromatic heterocycles. The van der Waals surface area contributed by atoms with E-state index in [-0.39, 0.29) is 35.6 Å². The van der Waals surface area contributed by atoms with Crippen molar-refractivity contribution >= 4 is 0 Å². The molecule has 0 saturated heterocycles. The molecule has 0 amide bonds. The van der Waals surface area contributed by atoms with Crippen molar-refractivity contribution in [3.63, 3.8) is 0 Å². The summed E-state index contributed by atoms with van der Waals surface area (Å²) in [7, 11) is 0. The van der Waals surface area contributed by atoms with Gasteiger partial charge in [0.1, 0.15) is 0 Å². The van der Waals surface area contributed by atoms with Gasteiger partial charge in [-0.1, -0.05) is 6.92 Å². The predicted molar refractivity (Wildman–Crippen MR) is 19.0 cm³/mol. The normalized spacial score (nSPS) is 12.6. The van der Waals surface area contributed by atoms with Gasteiger partial charge in [-0.3, -0.25) is 0 Å². The Morgan fingerprint density at radius 3 is 1.80 bits per heavy atom. The average Bonchev–Trinajstić information content (AvgIpc) is 0.811. The average molecular weight is 81.1 g/mol. The minimum Gasteiger partial charge on any atom is -0.357 e. The molecule has 0 fully saturated rings. The molecule has 0 aromatic carbocycles. The van der Waals surface area contributed by atoms with Crippen molar-refractivity contribution in [1.82, 2.24) is 0 Å². The molecule has 5 heavy (non-hydrogen) atoms. The van der Waals surface area contributed by atoms with Gasteiger partial charge in [-0.05, 0) is 0 Å². The molecular weight excluding hydrogens is 73.0 g/mol. The van der Waals surface area contributed by atoms with Crippen molar-refractivity contribution in [1.29, 1.82) is 0 Å². The molecule has 2 heteroatoms. The van der Waals surface area contributed by atoms with Gasteiger partial charge in [0.05, 0.1) is 0 Å². The maximum Gasteiger partial charge on any atom is 1.00 e. The van der Waals surface area contributed by atoms with Crippen LogP contribution in [0.15, 0.2) is 0 Å². The van der Waals surface area contributed by atoms with Crippen LogP contribution in [0.25, 0.3) is 0 Å². The summed E-state index contributed by atoms with van der Waals surface area (Å²) in [6, 6.07) is 0.0833. The number of nitrogens with two attached hydrogens (primary N) is 1. The summed E-state index contributed by atoms with van der Waals surface area (Å²) in [5.74, 6) is 0. The molecule has 0 aromatic rings. The van der Waals surface area contributed by atoms with Gasteiger partial charge in [0.25, 0.3) is 0 Å². The summed E-state index contributed by atoms with van der Waals surface area (Å²) in [5, 5.41) is 0. The second-order valence-corrected chi connectivity index (χ2v) is 0.977. The second kappa shape index (κ2) is 4.96. The first kappa shape index (κ1) is 9.35. The molecule has 0 aliphatic carbocycles. The Morgan fingerprint density at radius 1 is 1.80 bits per heavy atom. The van der Waals surface area contributed by atoms with Crippen molar-refractivity contribution in [2.75, 3.05) is 0 Å². The summed E-state index contributed by atoms with van der Waals surface area (Å²) in [6.07, 6.45) is 0. The van der Waals surface area contributed by atoms with E-state index in [0.717, 1.165) is 0 Å². The van der Waals surface area contributed by atoms with Gasteiger partial charge in [0.15, 0.2) is 0 Å². The molecule has 1 unspecified atom stereocenters. The van der Waals surface area contributed by atoms with Crippen LogP contribution in [0.1, 0.15) is 6.92 Å². The Morgan fingerprint density at radius 2 is 1.80 bits per heavy atom. The number of hydrogen-bond acceptors (Lipinski definition) is 1. The van der Waals surface area contributed by atoms with Crippen LogP contribution < -0.4 is 35.3 Å². The first-order valence-electron chi connectivity index (χ1n) is 1.32. The van der Waals surface area contributed by atoms with Crippen LogP contribution in [-0.2, 0) is 0 Å². The molecule has 1 nitrogen and oxygen atoms in total. The van der Waals surface area contributed by atoms with Crippen LogP contribution in [0.5, 0.6) is 0 Å². The van der Waals surface area contributed by atoms with Crippen molar-refractivity contribution in [2.45, 2.75) is 13.0 Å². The second-order valence-electron chi connectivity index (χ2n) is 0.977. The van der Waals surface area contributed by atoms with Gasteiger partial charge in [0.2, 0.25) is 0 Å². The number of hydrogen-bond donors (Lipinski definition) is 1. The fourth-order valence-electron chi connectivity index (χ4n) is 0. The maximum atomic E-state index is 5.00. The van der Waals surface area contributed by atoms with E-state index in [1.807, 2.05) is 6.92 Å². The largest absolute Gasteiger partial charge is 1.00 e. The van der Waals surface area contributed by atoms with Gasteiger partial charge in [-0.25, -0.2) is 0 Å². The van der Waals surface area contributed by atoms with Gasteiger partial charge in [-0.15, -0.1) is 6.04 Å². The summed E-state index contributed by atoms with van der Waals surface area (Å²) < 4.78 is 0. The van der Waals surface area contributed by atoms with E-state index < -0.39 is 0 Å². The summed E-state index contributed by atoms with van der Waals surface area (Å²) in [5.41, 5.74) is 5.00. The SMILES string of the molecule is [CH2-]C(C)N.[Na+]. The van der Waals surface area contributed by atoms with E-state index in [4.69, 9.17) is 5.73 Å². The van der Waals surface area contributed by atoms with E-state index in [1.54, 1.807) is 0 Å². The third-order valence-electron chi connectivity index (χ3n) is 0. The van der Waals surface area contributed by atoms with Crippen LogP contribution in [-0.4, -0.2) is 6.04 Å². The summed E-state index contributed by atoms with van der Waals surface area (Å²) >= 11 is 0. The molecule has 0 bridgehead atoms. The van der Waals surface area contributed by atoms with Crippen LogP contribution in [0.3, 0.4) is 0 Å². The van der Waals surface area contributed by atoms with Crippen LogP contribution in [0, 0.1) is 6.92 Å². The van der Waals surface area contributed by atoms with Gasteiger partial charge in [-0.2, -0.15) is 0 Å². The standard InChI is InChI=1S/C3H8N.Na/c1-3(2)4;/h3H,1,4H2,2H3;/q-1;+1. The van der Waals surface area contributed by atoms with E-state index in [0.29, 0.717) is 0 Å². The molecule has 0 aliphatic heterocycles. The zero-order valence-corrected chi connectivity index (χ0v) is 5.86. The van der Waals surface area contributed by atoms with Gasteiger partial charge < -0.3 is 12.7 Å². The smallest absolute Gasteiger partial charge is 0.357 e. The topological polar surface area (TPSA) is 26.0 Å². The maximum absolute atomic E-state index is 5.00. The van der Waals surface area contributed by atoms with Crippen LogP contribution >= 0.6 is 0 Å². The van der Waals surface area contributed by atoms with Crippen molar-refractivity contribution in [3.05, 3.63) is 6.92 Å². The van der Waals surface area contributed by atoms with Crippen molar-refractivity contribution < 1.29 is 29.6 Å². The molecule has 0 radical (unpaired) electrons. The Hall–Kier alpha value is 0.960. The Labute approximate surface area is 55.2 Å². The fraction of sp³-hybridized carbons (Fsp3) is 0.667. The first-order valence-corrected chi connectivity index (χ1v) is 1.32. The van der Waals surface area contributed by atoms with E-state index >= 15 is 0 Å². The monoisotopic (exact) mass is 81.1 g/mol. The van der Waals surface area contributed by atoms with Gasteiger partial charge >= 0.3 is 29.6 Å². The Bertz CT molecular complexity index is 11.6. The quantitative estimate of drug-likeness (QED) is 0.247. The van der Waals surface area contributed by atoms with E-state index in [1.165, 1.54) is 0 Å². The van der Waals surface area contributed by atoms with Crippen molar-refractivity contribution in [2.24, 2.45) is 5.73 Å². The first-order chi connectivity index (χ1) is 1.73. The summed E-state index contributed by atoms with van der Waals surface area (Å²) in [6.45, 7) is 5.25. The molecule has 2 N–H and O–H groups in total. The third-order valence-corrected chi connectivity index (χ3v) is 0. The van der Waals surface area contributed by atoms with Gasteiger partial charge in [0, 0.05) is 0 Å². The number of rotatable bonds is 0. The van der Waals surface area contributed by atoms with Crippen LogP contribution in [0.4, 0.5) is 0 Å². The molecule has 26 valence electrons. The molecule has 0 rings (SSSR count). The molecule has 0 spiro atoms.